The zero-order valence-corrected chi connectivity index (χ0v) is 13.2. The number of nitrogens with zero attached hydrogens (tertiary/aromatic N) is 2. The molecule has 1 aliphatic heterocycles. The molecule has 21 heavy (non-hydrogen) atoms. The van der Waals surface area contributed by atoms with Crippen molar-refractivity contribution in [3.63, 3.8) is 0 Å². The molecule has 1 heterocycles. The molecule has 0 radical (unpaired) electrons. The van der Waals surface area contributed by atoms with Crippen molar-refractivity contribution < 1.29 is 19.4 Å². The quantitative estimate of drug-likeness (QED) is 0.719. The van der Waals surface area contributed by atoms with E-state index >= 15 is 0 Å². The first-order chi connectivity index (χ1) is 9.96. The highest BCUT2D eigenvalue weighted by molar-refractivity contribution is 5.75. The Morgan fingerprint density at radius 2 is 2.10 bits per heavy atom. The van der Waals surface area contributed by atoms with Gasteiger partial charge in [-0.25, -0.2) is 4.79 Å². The Hall–Kier alpha value is -1.34. The highest BCUT2D eigenvalue weighted by atomic mass is 16.5. The van der Waals surface area contributed by atoms with Crippen LogP contribution in [0.25, 0.3) is 0 Å². The van der Waals surface area contributed by atoms with E-state index in [1.54, 1.807) is 4.90 Å². The lowest BCUT2D eigenvalue weighted by Crippen LogP contribution is -2.53. The van der Waals surface area contributed by atoms with E-state index in [9.17, 15) is 9.59 Å². The molecule has 7 heteroatoms. The van der Waals surface area contributed by atoms with Gasteiger partial charge in [-0.05, 0) is 20.0 Å². The molecule has 0 saturated carbocycles. The van der Waals surface area contributed by atoms with Gasteiger partial charge in [-0.2, -0.15) is 0 Å². The number of urea groups is 1. The largest absolute Gasteiger partial charge is 0.481 e. The number of amides is 2. The molecule has 7 nitrogen and oxygen atoms in total. The van der Waals surface area contributed by atoms with Crippen molar-refractivity contribution in [3.8, 4) is 0 Å². The molecule has 2 unspecified atom stereocenters. The summed E-state index contributed by atoms with van der Waals surface area (Å²) in [6.07, 6.45) is -0.487. The Bertz CT molecular complexity index is 347. The van der Waals surface area contributed by atoms with Crippen molar-refractivity contribution in [1.29, 1.82) is 0 Å². The van der Waals surface area contributed by atoms with E-state index in [1.165, 1.54) is 0 Å². The number of carbonyl (C=O) groups excluding carboxylic acids is 1. The van der Waals surface area contributed by atoms with Gasteiger partial charge in [-0.1, -0.05) is 13.8 Å². The third-order valence-corrected chi connectivity index (χ3v) is 3.62. The minimum Gasteiger partial charge on any atom is -0.481 e. The van der Waals surface area contributed by atoms with Crippen LogP contribution in [0.2, 0.25) is 0 Å². The Kier molecular flexibility index (Phi) is 7.45. The molecule has 2 N–H and O–H groups in total. The topological polar surface area (TPSA) is 82.1 Å². The number of hydrogen-bond donors (Lipinski definition) is 2. The van der Waals surface area contributed by atoms with E-state index in [1.807, 2.05) is 6.92 Å². The van der Waals surface area contributed by atoms with Gasteiger partial charge in [0.25, 0.3) is 0 Å². The zero-order valence-electron chi connectivity index (χ0n) is 13.2. The number of carboxylic acid groups (broad SMARTS) is 1. The second-order valence-electron chi connectivity index (χ2n) is 5.37. The summed E-state index contributed by atoms with van der Waals surface area (Å²) in [6, 6.07) is -0.0912. The molecule has 0 spiro atoms. The fourth-order valence-corrected chi connectivity index (χ4v) is 2.44. The standard InChI is InChI=1S/C14H27N3O4/c1-4-16(5-2)9-11(3)15-14(20)17-6-7-21-12(10-17)8-13(18)19/h11-12H,4-10H2,1-3H3,(H,15,20)(H,18,19). The van der Waals surface area contributed by atoms with Crippen molar-refractivity contribution in [3.05, 3.63) is 0 Å². The fourth-order valence-electron chi connectivity index (χ4n) is 2.44. The summed E-state index contributed by atoms with van der Waals surface area (Å²) >= 11 is 0. The van der Waals surface area contributed by atoms with Crippen LogP contribution in [0.3, 0.4) is 0 Å². The summed E-state index contributed by atoms with van der Waals surface area (Å²) in [7, 11) is 0. The summed E-state index contributed by atoms with van der Waals surface area (Å²) in [5.41, 5.74) is 0. The SMILES string of the molecule is CCN(CC)CC(C)NC(=O)N1CCOC(CC(=O)O)C1. The first-order valence-electron chi connectivity index (χ1n) is 7.57. The van der Waals surface area contributed by atoms with Gasteiger partial charge in [0, 0.05) is 25.7 Å². The van der Waals surface area contributed by atoms with Gasteiger partial charge in [-0.15, -0.1) is 0 Å². The summed E-state index contributed by atoms with van der Waals surface area (Å²) in [5, 5.41) is 11.7. The van der Waals surface area contributed by atoms with Crippen molar-refractivity contribution in [1.82, 2.24) is 15.1 Å². The molecule has 0 bridgehead atoms. The summed E-state index contributed by atoms with van der Waals surface area (Å²) < 4.78 is 5.36. The van der Waals surface area contributed by atoms with Gasteiger partial charge < -0.3 is 25.0 Å². The van der Waals surface area contributed by atoms with Gasteiger partial charge in [0.2, 0.25) is 0 Å². The molecular formula is C14H27N3O4. The molecule has 0 aliphatic carbocycles. The van der Waals surface area contributed by atoms with Gasteiger partial charge >= 0.3 is 12.0 Å². The third-order valence-electron chi connectivity index (χ3n) is 3.62. The molecule has 1 saturated heterocycles. The normalized spacial score (nSPS) is 20.4. The monoisotopic (exact) mass is 301 g/mol. The van der Waals surface area contributed by atoms with Crippen LogP contribution >= 0.6 is 0 Å². The zero-order chi connectivity index (χ0) is 15.8. The Morgan fingerprint density at radius 3 is 2.67 bits per heavy atom. The van der Waals surface area contributed by atoms with Crippen LogP contribution < -0.4 is 5.32 Å². The minimum atomic E-state index is -0.905. The predicted octanol–water partition coefficient (Wildman–Crippen LogP) is 0.602. The number of likely N-dealkylation sites (N-methyl/N-ethyl adjacent to an activating group) is 1. The summed E-state index contributed by atoms with van der Waals surface area (Å²) in [5.74, 6) is -0.905. The van der Waals surface area contributed by atoms with Gasteiger partial charge in [0.1, 0.15) is 0 Å². The van der Waals surface area contributed by atoms with Gasteiger partial charge in [-0.3, -0.25) is 4.79 Å². The van der Waals surface area contributed by atoms with Crippen LogP contribution in [0, 0.1) is 0 Å². The average Bonchev–Trinajstić information content (AvgIpc) is 2.44. The van der Waals surface area contributed by atoms with Crippen LogP contribution in [0.15, 0.2) is 0 Å². The van der Waals surface area contributed by atoms with Gasteiger partial charge in [0.05, 0.1) is 19.1 Å². The lowest BCUT2D eigenvalue weighted by atomic mass is 10.2. The summed E-state index contributed by atoms with van der Waals surface area (Å²) in [4.78, 5) is 26.8. The summed E-state index contributed by atoms with van der Waals surface area (Å²) in [6.45, 7) is 10.1. The van der Waals surface area contributed by atoms with Crippen LogP contribution in [0.5, 0.6) is 0 Å². The number of nitrogens with one attached hydrogen (secondary N) is 1. The molecular weight excluding hydrogens is 274 g/mol. The molecule has 1 fully saturated rings. The molecule has 1 rings (SSSR count). The number of carboxylic acids is 1. The lowest BCUT2D eigenvalue weighted by molar-refractivity contribution is -0.141. The number of hydrogen-bond acceptors (Lipinski definition) is 4. The third kappa shape index (κ3) is 6.31. The van der Waals surface area contributed by atoms with Crippen LogP contribution in [-0.2, 0) is 9.53 Å². The Morgan fingerprint density at radius 1 is 1.43 bits per heavy atom. The minimum absolute atomic E-state index is 0.0539. The molecule has 0 aromatic rings. The number of morpholine rings is 1. The highest BCUT2D eigenvalue weighted by Crippen LogP contribution is 2.09. The van der Waals surface area contributed by atoms with Crippen molar-refractivity contribution in [2.24, 2.45) is 0 Å². The van der Waals surface area contributed by atoms with Crippen molar-refractivity contribution >= 4 is 12.0 Å². The fraction of sp³-hybridized carbons (Fsp3) is 0.857. The first-order valence-corrected chi connectivity index (χ1v) is 7.57. The van der Waals surface area contributed by atoms with Gasteiger partial charge in [0.15, 0.2) is 0 Å². The molecule has 0 aromatic carbocycles. The van der Waals surface area contributed by atoms with Crippen molar-refractivity contribution in [2.45, 2.75) is 39.3 Å². The number of ether oxygens (including phenoxy) is 1. The first kappa shape index (κ1) is 17.7. The molecule has 0 aromatic heterocycles. The molecule has 122 valence electrons. The Balaban J connectivity index is 2.41. The van der Waals surface area contributed by atoms with E-state index in [-0.39, 0.29) is 18.5 Å². The van der Waals surface area contributed by atoms with E-state index < -0.39 is 12.1 Å². The predicted molar refractivity (Wildman–Crippen MR) is 79.3 cm³/mol. The average molecular weight is 301 g/mol. The second kappa shape index (κ2) is 8.84. The number of aliphatic carboxylic acids is 1. The smallest absolute Gasteiger partial charge is 0.317 e. The maximum atomic E-state index is 12.2. The van der Waals surface area contributed by atoms with E-state index in [2.05, 4.69) is 24.1 Å². The maximum Gasteiger partial charge on any atom is 0.317 e. The molecule has 2 atom stereocenters. The van der Waals surface area contributed by atoms with E-state index in [0.29, 0.717) is 19.7 Å². The second-order valence-corrected chi connectivity index (χ2v) is 5.37. The van der Waals surface area contributed by atoms with E-state index in [0.717, 1.165) is 19.6 Å². The van der Waals surface area contributed by atoms with Crippen LogP contribution in [-0.4, -0.2) is 78.4 Å². The Labute approximate surface area is 126 Å². The molecule has 2 amide bonds. The highest BCUT2D eigenvalue weighted by Gasteiger charge is 2.26. The molecule has 1 aliphatic rings. The van der Waals surface area contributed by atoms with E-state index in [4.69, 9.17) is 9.84 Å². The lowest BCUT2D eigenvalue weighted by Gasteiger charge is -2.33. The van der Waals surface area contributed by atoms with Crippen LogP contribution in [0.4, 0.5) is 4.79 Å². The maximum absolute atomic E-state index is 12.2. The van der Waals surface area contributed by atoms with Crippen LogP contribution in [0.1, 0.15) is 27.2 Å². The van der Waals surface area contributed by atoms with Crippen molar-refractivity contribution in [2.75, 3.05) is 39.3 Å². The number of carbonyl (C=O) groups is 2. The number of rotatable bonds is 7.